The van der Waals surface area contributed by atoms with Crippen molar-refractivity contribution in [2.75, 3.05) is 13.1 Å². The Kier molecular flexibility index (Phi) is 7.36. The average Bonchev–Trinajstić information content (AvgIpc) is 3.13. The number of fused-ring (bicyclic) bond motifs is 3. The molecule has 0 saturated carbocycles. The molecule has 2 heterocycles. The molecule has 1 aliphatic rings. The van der Waals surface area contributed by atoms with E-state index in [4.69, 9.17) is 0 Å². The lowest BCUT2D eigenvalue weighted by Crippen LogP contribution is -2.32. The van der Waals surface area contributed by atoms with Crippen molar-refractivity contribution in [3.63, 3.8) is 0 Å². The summed E-state index contributed by atoms with van der Waals surface area (Å²) in [5.74, 6) is -0.519. The molecule has 5 rings (SSSR count). The Bertz CT molecular complexity index is 1270. The van der Waals surface area contributed by atoms with Gasteiger partial charge in [-0.15, -0.1) is 12.4 Å². The van der Waals surface area contributed by atoms with Crippen LogP contribution < -0.4 is 0 Å². The van der Waals surface area contributed by atoms with Crippen molar-refractivity contribution in [3.8, 4) is 5.69 Å². The highest BCUT2D eigenvalue weighted by atomic mass is 35.5. The zero-order chi connectivity index (χ0) is 22.9. The number of aliphatic hydroxyl groups is 1. The van der Waals surface area contributed by atoms with Gasteiger partial charge in [0.05, 0.1) is 11.6 Å². The number of nitrogens with zero attached hydrogens (tertiary/aromatic N) is 2. The summed E-state index contributed by atoms with van der Waals surface area (Å²) < 4.78 is 29.8. The molecule has 0 bridgehead atoms. The summed E-state index contributed by atoms with van der Waals surface area (Å²) in [6.07, 6.45) is 1.97. The van der Waals surface area contributed by atoms with Crippen LogP contribution in [0.3, 0.4) is 0 Å². The molecule has 4 aromatic rings. The van der Waals surface area contributed by atoms with Gasteiger partial charge in [-0.3, -0.25) is 4.90 Å². The monoisotopic (exact) mass is 482 g/mol. The van der Waals surface area contributed by atoms with Gasteiger partial charge < -0.3 is 9.67 Å². The van der Waals surface area contributed by atoms with Crippen molar-refractivity contribution in [1.82, 2.24) is 9.47 Å². The molecule has 3 aromatic carbocycles. The fraction of sp³-hybridized carbons (Fsp3) is 0.286. The number of aryl methyl sites for hydroxylation is 1. The Hall–Kier alpha value is -2.73. The molecule has 0 amide bonds. The van der Waals surface area contributed by atoms with Crippen molar-refractivity contribution in [1.29, 1.82) is 0 Å². The lowest BCUT2D eigenvalue weighted by atomic mass is 10.0. The molecule has 1 unspecified atom stereocenters. The molecule has 1 aliphatic heterocycles. The molecular formula is C28H29ClF2N2O. The van der Waals surface area contributed by atoms with E-state index in [0.29, 0.717) is 6.42 Å². The van der Waals surface area contributed by atoms with Crippen molar-refractivity contribution < 1.29 is 13.9 Å². The smallest absolute Gasteiger partial charge is 0.123 e. The van der Waals surface area contributed by atoms with Crippen LogP contribution in [-0.2, 0) is 13.0 Å². The third-order valence-corrected chi connectivity index (χ3v) is 6.69. The fourth-order valence-electron chi connectivity index (χ4n) is 4.93. The van der Waals surface area contributed by atoms with Crippen LogP contribution in [-0.4, -0.2) is 27.7 Å². The molecule has 3 nitrogen and oxygen atoms in total. The van der Waals surface area contributed by atoms with Gasteiger partial charge >= 0.3 is 0 Å². The Labute approximate surface area is 205 Å². The van der Waals surface area contributed by atoms with Crippen molar-refractivity contribution >= 4 is 23.3 Å². The predicted molar refractivity (Wildman–Crippen MR) is 135 cm³/mol. The second kappa shape index (κ2) is 10.3. The van der Waals surface area contributed by atoms with E-state index in [0.717, 1.165) is 65.9 Å². The molecule has 0 radical (unpaired) electrons. The van der Waals surface area contributed by atoms with Crippen LogP contribution in [0.25, 0.3) is 16.6 Å². The minimum atomic E-state index is -0.458. The normalized spacial score (nSPS) is 14.6. The molecule has 0 fully saturated rings. The Morgan fingerprint density at radius 3 is 2.38 bits per heavy atom. The number of benzene rings is 3. The van der Waals surface area contributed by atoms with Gasteiger partial charge in [-0.25, -0.2) is 8.78 Å². The SMILES string of the molecule is Cc1ccc(C(O)CCCN2CCc3c(c4cc(F)ccc4n3-c3ccc(F)cc3)C2)cc1.Cl. The van der Waals surface area contributed by atoms with Gasteiger partial charge in [0.25, 0.3) is 0 Å². The number of hydrogen-bond acceptors (Lipinski definition) is 2. The van der Waals surface area contributed by atoms with E-state index in [-0.39, 0.29) is 24.0 Å². The van der Waals surface area contributed by atoms with Crippen LogP contribution in [0, 0.1) is 18.6 Å². The predicted octanol–water partition coefficient (Wildman–Crippen LogP) is 6.51. The maximum Gasteiger partial charge on any atom is 0.123 e. The van der Waals surface area contributed by atoms with Crippen LogP contribution in [0.2, 0.25) is 0 Å². The second-order valence-corrected chi connectivity index (χ2v) is 8.99. The minimum Gasteiger partial charge on any atom is -0.388 e. The van der Waals surface area contributed by atoms with Crippen LogP contribution in [0.1, 0.15) is 41.3 Å². The third kappa shape index (κ3) is 4.88. The molecule has 0 aliphatic carbocycles. The van der Waals surface area contributed by atoms with E-state index in [9.17, 15) is 13.9 Å². The Morgan fingerprint density at radius 1 is 0.941 bits per heavy atom. The fourth-order valence-corrected chi connectivity index (χ4v) is 4.93. The lowest BCUT2D eigenvalue weighted by molar-refractivity contribution is 0.153. The molecule has 1 aromatic heterocycles. The molecule has 178 valence electrons. The van der Waals surface area contributed by atoms with E-state index >= 15 is 0 Å². The van der Waals surface area contributed by atoms with Gasteiger partial charge in [0.2, 0.25) is 0 Å². The summed E-state index contributed by atoms with van der Waals surface area (Å²) in [6, 6.07) is 19.4. The van der Waals surface area contributed by atoms with Gasteiger partial charge in [0.15, 0.2) is 0 Å². The van der Waals surface area contributed by atoms with Crippen molar-refractivity contribution in [3.05, 3.63) is 101 Å². The number of halogens is 3. The number of aromatic nitrogens is 1. The van der Waals surface area contributed by atoms with Crippen LogP contribution in [0.4, 0.5) is 8.78 Å². The van der Waals surface area contributed by atoms with Gasteiger partial charge in [-0.1, -0.05) is 29.8 Å². The Morgan fingerprint density at radius 2 is 1.65 bits per heavy atom. The molecular weight excluding hydrogens is 454 g/mol. The highest BCUT2D eigenvalue weighted by Crippen LogP contribution is 2.34. The summed E-state index contributed by atoms with van der Waals surface area (Å²) >= 11 is 0. The quantitative estimate of drug-likeness (QED) is 0.339. The maximum atomic E-state index is 14.1. The topological polar surface area (TPSA) is 28.4 Å². The standard InChI is InChI=1S/C28H28F2N2O.ClH/c1-19-4-6-20(7-5-19)28(33)3-2-15-31-16-14-27-25(18-31)24-17-22(30)10-13-26(24)32(27)23-11-8-21(29)9-12-23;/h4-13,17,28,33H,2-3,14-16,18H2,1H3;1H. The van der Waals surface area contributed by atoms with E-state index in [1.165, 1.54) is 23.8 Å². The van der Waals surface area contributed by atoms with Crippen LogP contribution in [0.15, 0.2) is 66.7 Å². The first-order valence-corrected chi connectivity index (χ1v) is 11.5. The first-order valence-electron chi connectivity index (χ1n) is 11.5. The lowest BCUT2D eigenvalue weighted by Gasteiger charge is -2.28. The minimum absolute atomic E-state index is 0. The molecule has 1 atom stereocenters. The summed E-state index contributed by atoms with van der Waals surface area (Å²) in [6.45, 7) is 4.55. The third-order valence-electron chi connectivity index (χ3n) is 6.69. The van der Waals surface area contributed by atoms with E-state index < -0.39 is 6.10 Å². The summed E-state index contributed by atoms with van der Waals surface area (Å²) in [5, 5.41) is 11.4. The van der Waals surface area contributed by atoms with Gasteiger partial charge in [0.1, 0.15) is 11.6 Å². The molecule has 34 heavy (non-hydrogen) atoms. The molecule has 1 N–H and O–H groups in total. The largest absolute Gasteiger partial charge is 0.388 e. The first-order chi connectivity index (χ1) is 16.0. The van der Waals surface area contributed by atoms with Crippen molar-refractivity contribution in [2.45, 2.75) is 38.8 Å². The van der Waals surface area contributed by atoms with Crippen molar-refractivity contribution in [2.24, 2.45) is 0 Å². The molecule has 0 saturated heterocycles. The number of aliphatic hydroxyl groups excluding tert-OH is 1. The van der Waals surface area contributed by atoms with E-state index in [1.807, 2.05) is 37.3 Å². The van der Waals surface area contributed by atoms with E-state index in [2.05, 4.69) is 9.47 Å². The van der Waals surface area contributed by atoms with Gasteiger partial charge in [-0.05, 0) is 79.9 Å². The zero-order valence-corrected chi connectivity index (χ0v) is 20.0. The number of rotatable bonds is 6. The first kappa shape index (κ1) is 24.4. The molecule has 0 spiro atoms. The Balaban J connectivity index is 0.00000274. The second-order valence-electron chi connectivity index (χ2n) is 8.99. The summed E-state index contributed by atoms with van der Waals surface area (Å²) in [4.78, 5) is 2.38. The summed E-state index contributed by atoms with van der Waals surface area (Å²) in [7, 11) is 0. The summed E-state index contributed by atoms with van der Waals surface area (Å²) in [5.41, 5.74) is 6.29. The van der Waals surface area contributed by atoms with Crippen LogP contribution >= 0.6 is 12.4 Å². The zero-order valence-electron chi connectivity index (χ0n) is 19.2. The van der Waals surface area contributed by atoms with E-state index in [1.54, 1.807) is 18.2 Å². The highest BCUT2D eigenvalue weighted by molar-refractivity contribution is 5.87. The highest BCUT2D eigenvalue weighted by Gasteiger charge is 2.25. The van der Waals surface area contributed by atoms with Gasteiger partial charge in [-0.2, -0.15) is 0 Å². The maximum absolute atomic E-state index is 14.1. The molecule has 6 heteroatoms. The number of hydrogen-bond donors (Lipinski definition) is 1. The van der Waals surface area contributed by atoms with Crippen LogP contribution in [0.5, 0.6) is 0 Å². The average molecular weight is 483 g/mol. The van der Waals surface area contributed by atoms with Gasteiger partial charge in [0, 0.05) is 36.3 Å².